The minimum atomic E-state index is -0.0887. The first kappa shape index (κ1) is 60.5. The van der Waals surface area contributed by atoms with Crippen LogP contribution in [0.15, 0.2) is 53.6 Å². The summed E-state index contributed by atoms with van der Waals surface area (Å²) in [4.78, 5) is 34.6. The number of carbonyl (C=O) groups excluding carboxylic acids is 2. The minimum Gasteiger partial charge on any atom is -0.448 e. The van der Waals surface area contributed by atoms with Gasteiger partial charge in [-0.05, 0) is 93.6 Å². The molecule has 2 aliphatic heterocycles. The molecule has 4 heterocycles. The van der Waals surface area contributed by atoms with E-state index in [1.165, 1.54) is 231 Å². The highest BCUT2D eigenvalue weighted by molar-refractivity contribution is 9.10. The van der Waals surface area contributed by atoms with Gasteiger partial charge in [0.1, 0.15) is 11.4 Å². The highest BCUT2D eigenvalue weighted by atomic mass is 79.9. The van der Waals surface area contributed by atoms with Gasteiger partial charge in [-0.3, -0.25) is 9.59 Å². The van der Waals surface area contributed by atoms with Crippen molar-refractivity contribution in [3.63, 3.8) is 0 Å². The van der Waals surface area contributed by atoms with Crippen LogP contribution in [0.5, 0.6) is 0 Å². The fourth-order valence-electron chi connectivity index (χ4n) is 11.3. The molecule has 398 valence electrons. The molecule has 0 spiro atoms. The average molecular weight is 1100 g/mol. The largest absolute Gasteiger partial charge is 0.448 e. The van der Waals surface area contributed by atoms with Crippen LogP contribution in [0, 0.1) is 11.8 Å². The Balaban J connectivity index is 1.56. The van der Waals surface area contributed by atoms with Crippen LogP contribution in [-0.2, 0) is 9.59 Å². The van der Waals surface area contributed by atoms with Gasteiger partial charge in [-0.1, -0.05) is 259 Å². The number of hydrogen-bond donors (Lipinski definition) is 0. The third-order valence-corrected chi connectivity index (χ3v) is 16.4. The Labute approximate surface area is 446 Å². The van der Waals surface area contributed by atoms with E-state index in [0.717, 1.165) is 25.7 Å². The van der Waals surface area contributed by atoms with Crippen molar-refractivity contribution in [1.82, 2.24) is 9.80 Å². The van der Waals surface area contributed by atoms with Crippen LogP contribution in [0.4, 0.5) is 0 Å². The molecule has 0 bridgehead atoms. The van der Waals surface area contributed by atoms with Crippen LogP contribution in [-0.4, -0.2) is 34.7 Å². The molecule has 4 rings (SSSR count). The fourth-order valence-corrected chi connectivity index (χ4v) is 11.9. The second-order valence-corrected chi connectivity index (χ2v) is 23.2. The number of rotatable bonds is 46. The predicted octanol–water partition coefficient (Wildman–Crippen LogP) is 21.1. The lowest BCUT2D eigenvalue weighted by Gasteiger charge is -2.29. The standard InChI is InChI=1S/C62H102Br2N2O4/c1-5-9-13-17-21-25-27-31-35-39-43-51(41-37-33-29-23-19-15-11-7-3)49-65-59(53-45-47-55(63)69-53)57-58(61(65)67)60(54-46-48-56(64)70-54)66(62(57)68)50-52(42-38-34-30-24-20-16-12-8-4)44-40-36-32-28-26-22-18-14-10-6-2/h45-48,51-52H,5-44,49-50H2,1-4H3. The Bertz CT molecular complexity index is 1630. The van der Waals surface area contributed by atoms with Crippen molar-refractivity contribution in [2.75, 3.05) is 13.1 Å². The van der Waals surface area contributed by atoms with E-state index >= 15 is 9.59 Å². The summed E-state index contributed by atoms with van der Waals surface area (Å²) in [6.07, 6.45) is 51.3. The van der Waals surface area contributed by atoms with Gasteiger partial charge in [0.2, 0.25) is 0 Å². The SMILES string of the molecule is CCCCCCCCCCCCC(CCCCCCCCCC)CN1C(=O)C2=C(c3ccc(Br)o3)N(CC(CCCCCCCCCC)CCCCCCCCCCCC)C(=O)C2=C1c1ccc(Br)o1. The van der Waals surface area contributed by atoms with Gasteiger partial charge in [0.15, 0.2) is 20.9 Å². The van der Waals surface area contributed by atoms with Crippen LogP contribution in [0.25, 0.3) is 11.4 Å². The predicted molar refractivity (Wildman–Crippen MR) is 304 cm³/mol. The molecule has 0 fully saturated rings. The normalized spacial score (nSPS) is 14.9. The summed E-state index contributed by atoms with van der Waals surface area (Å²) in [5, 5.41) is 0. The molecule has 6 nitrogen and oxygen atoms in total. The topological polar surface area (TPSA) is 66.9 Å². The van der Waals surface area contributed by atoms with Gasteiger partial charge in [-0.2, -0.15) is 0 Å². The van der Waals surface area contributed by atoms with E-state index in [4.69, 9.17) is 8.83 Å². The van der Waals surface area contributed by atoms with E-state index in [1.54, 1.807) is 0 Å². The van der Waals surface area contributed by atoms with E-state index < -0.39 is 0 Å². The molecule has 0 saturated carbocycles. The molecule has 0 aliphatic carbocycles. The third kappa shape index (κ3) is 22.2. The quantitative estimate of drug-likeness (QED) is 0.0620. The minimum absolute atomic E-state index is 0.0887. The maximum Gasteiger partial charge on any atom is 0.261 e. The number of fused-ring (bicyclic) bond motifs is 1. The molecular formula is C62H102Br2N2O4. The first-order valence-electron chi connectivity index (χ1n) is 30.0. The van der Waals surface area contributed by atoms with Gasteiger partial charge in [0, 0.05) is 13.1 Å². The molecule has 0 aromatic carbocycles. The Morgan fingerprint density at radius 1 is 0.357 bits per heavy atom. The van der Waals surface area contributed by atoms with Crippen molar-refractivity contribution in [1.29, 1.82) is 0 Å². The van der Waals surface area contributed by atoms with E-state index in [9.17, 15) is 0 Å². The first-order valence-corrected chi connectivity index (χ1v) is 31.6. The molecule has 70 heavy (non-hydrogen) atoms. The number of furan rings is 2. The lowest BCUT2D eigenvalue weighted by molar-refractivity contribution is -0.124. The van der Waals surface area contributed by atoms with E-state index in [1.807, 2.05) is 34.1 Å². The molecule has 2 unspecified atom stereocenters. The lowest BCUT2D eigenvalue weighted by atomic mass is 9.93. The monoisotopic (exact) mass is 1100 g/mol. The number of halogens is 2. The zero-order chi connectivity index (χ0) is 50.0. The van der Waals surface area contributed by atoms with E-state index in [2.05, 4.69) is 59.6 Å². The maximum atomic E-state index is 15.4. The molecule has 2 aromatic rings. The Kier molecular flexibility index (Phi) is 32.5. The molecular weight excluding hydrogens is 996 g/mol. The number of carbonyl (C=O) groups is 2. The van der Waals surface area contributed by atoms with Gasteiger partial charge in [-0.25, -0.2) is 0 Å². The van der Waals surface area contributed by atoms with E-state index in [0.29, 0.717) is 68.3 Å². The summed E-state index contributed by atoms with van der Waals surface area (Å²) < 4.78 is 13.9. The summed E-state index contributed by atoms with van der Waals surface area (Å²) in [7, 11) is 0. The van der Waals surface area contributed by atoms with Crippen molar-refractivity contribution in [3.05, 3.63) is 56.3 Å². The Morgan fingerprint density at radius 2 is 0.586 bits per heavy atom. The summed E-state index contributed by atoms with van der Waals surface area (Å²) in [5.74, 6) is 1.66. The number of unbranched alkanes of at least 4 members (excludes halogenated alkanes) is 32. The Morgan fingerprint density at radius 3 is 0.800 bits per heavy atom. The summed E-state index contributed by atoms with van der Waals surface area (Å²) in [6, 6.07) is 7.65. The number of nitrogens with zero attached hydrogens (tertiary/aromatic N) is 2. The van der Waals surface area contributed by atoms with Crippen molar-refractivity contribution in [3.8, 4) is 0 Å². The second kappa shape index (κ2) is 37.6. The highest BCUT2D eigenvalue weighted by Crippen LogP contribution is 2.48. The molecule has 0 radical (unpaired) electrons. The van der Waals surface area contributed by atoms with Gasteiger partial charge in [0.25, 0.3) is 11.8 Å². The van der Waals surface area contributed by atoms with Crippen molar-refractivity contribution < 1.29 is 18.4 Å². The molecule has 2 atom stereocenters. The second-order valence-electron chi connectivity index (χ2n) is 21.7. The van der Waals surface area contributed by atoms with Crippen LogP contribution in [0.2, 0.25) is 0 Å². The lowest BCUT2D eigenvalue weighted by Crippen LogP contribution is -2.34. The zero-order valence-corrected chi connectivity index (χ0v) is 48.6. The molecule has 0 N–H and O–H groups in total. The summed E-state index contributed by atoms with van der Waals surface area (Å²) in [5.41, 5.74) is 2.26. The van der Waals surface area contributed by atoms with Crippen molar-refractivity contribution >= 4 is 55.1 Å². The molecule has 0 saturated heterocycles. The van der Waals surface area contributed by atoms with Gasteiger partial charge in [-0.15, -0.1) is 0 Å². The van der Waals surface area contributed by atoms with Crippen LogP contribution >= 0.6 is 31.9 Å². The van der Waals surface area contributed by atoms with Crippen LogP contribution in [0.3, 0.4) is 0 Å². The molecule has 2 aromatic heterocycles. The van der Waals surface area contributed by atoms with E-state index in [-0.39, 0.29) is 11.8 Å². The third-order valence-electron chi connectivity index (χ3n) is 15.5. The van der Waals surface area contributed by atoms with Crippen molar-refractivity contribution in [2.24, 2.45) is 11.8 Å². The summed E-state index contributed by atoms with van der Waals surface area (Å²) >= 11 is 7.16. The smallest absolute Gasteiger partial charge is 0.261 e. The fraction of sp³-hybridized carbons (Fsp3) is 0.774. The highest BCUT2D eigenvalue weighted by Gasteiger charge is 2.51. The van der Waals surface area contributed by atoms with Crippen LogP contribution < -0.4 is 0 Å². The van der Waals surface area contributed by atoms with Gasteiger partial charge >= 0.3 is 0 Å². The molecule has 2 aliphatic rings. The number of amides is 2. The molecule has 2 amide bonds. The Hall–Kier alpha value is -2.06. The maximum absolute atomic E-state index is 15.4. The van der Waals surface area contributed by atoms with Crippen molar-refractivity contribution in [2.45, 2.75) is 285 Å². The number of hydrogen-bond acceptors (Lipinski definition) is 4. The van der Waals surface area contributed by atoms with Gasteiger partial charge in [0.05, 0.1) is 11.1 Å². The summed E-state index contributed by atoms with van der Waals surface area (Å²) in [6.45, 7) is 10.3. The zero-order valence-electron chi connectivity index (χ0n) is 45.4. The average Bonchev–Trinajstić information content (AvgIpc) is 4.12. The van der Waals surface area contributed by atoms with Gasteiger partial charge < -0.3 is 18.6 Å². The van der Waals surface area contributed by atoms with Crippen LogP contribution in [0.1, 0.15) is 296 Å². The first-order chi connectivity index (χ1) is 34.3. The molecule has 8 heteroatoms.